The molecule has 1 aliphatic rings. The molecule has 2 aromatic heterocycles. The highest BCUT2D eigenvalue weighted by Crippen LogP contribution is 2.32. The maximum absolute atomic E-state index is 4.86. The standard InChI is InChI=1S/C27H25N5/c1-2-3-14-28-17-26-31-24-13-11-22-15-20(8-12-23(22)27(24)32-26)5-4-19-6-9-21(10-7-19)25-16-29-18-30-25/h2,6-10,12,15-16,18,28H,1,3,11,13-14,17H2,(H,29,30)(H,31,32). The van der Waals surface area contributed by atoms with Crippen molar-refractivity contribution < 1.29 is 0 Å². The number of aromatic amines is 2. The Morgan fingerprint density at radius 2 is 1.91 bits per heavy atom. The van der Waals surface area contributed by atoms with Gasteiger partial charge in [0.25, 0.3) is 0 Å². The van der Waals surface area contributed by atoms with E-state index in [2.05, 4.69) is 69.0 Å². The van der Waals surface area contributed by atoms with Crippen LogP contribution in [-0.4, -0.2) is 26.5 Å². The summed E-state index contributed by atoms with van der Waals surface area (Å²) in [5.74, 6) is 7.60. The van der Waals surface area contributed by atoms with Gasteiger partial charge in [-0.2, -0.15) is 0 Å². The molecule has 158 valence electrons. The molecular weight excluding hydrogens is 394 g/mol. The predicted octanol–water partition coefficient (Wildman–Crippen LogP) is 4.63. The Kier molecular flexibility index (Phi) is 5.69. The highest BCUT2D eigenvalue weighted by atomic mass is 15.0. The Morgan fingerprint density at radius 3 is 2.72 bits per heavy atom. The van der Waals surface area contributed by atoms with Gasteiger partial charge in [0.05, 0.1) is 30.5 Å². The summed E-state index contributed by atoms with van der Waals surface area (Å²) in [6.45, 7) is 5.42. The molecule has 0 saturated heterocycles. The molecule has 5 rings (SSSR count). The quantitative estimate of drug-likeness (QED) is 0.242. The van der Waals surface area contributed by atoms with Gasteiger partial charge in [-0.15, -0.1) is 6.58 Å². The smallest absolute Gasteiger partial charge is 0.121 e. The van der Waals surface area contributed by atoms with Crippen LogP contribution in [0.25, 0.3) is 22.5 Å². The van der Waals surface area contributed by atoms with Gasteiger partial charge in [-0.1, -0.05) is 36.1 Å². The van der Waals surface area contributed by atoms with Gasteiger partial charge in [0.2, 0.25) is 0 Å². The van der Waals surface area contributed by atoms with E-state index in [1.165, 1.54) is 16.8 Å². The highest BCUT2D eigenvalue weighted by Gasteiger charge is 2.20. The molecule has 1 aliphatic carbocycles. The topological polar surface area (TPSA) is 69.4 Å². The first-order valence-electron chi connectivity index (χ1n) is 10.9. The summed E-state index contributed by atoms with van der Waals surface area (Å²) in [4.78, 5) is 15.5. The second-order valence-electron chi connectivity index (χ2n) is 7.93. The number of aromatic nitrogens is 4. The summed E-state index contributed by atoms with van der Waals surface area (Å²) in [7, 11) is 0. The monoisotopic (exact) mass is 419 g/mol. The zero-order chi connectivity index (χ0) is 21.8. The van der Waals surface area contributed by atoms with E-state index < -0.39 is 0 Å². The molecule has 0 unspecified atom stereocenters. The molecule has 0 fully saturated rings. The lowest BCUT2D eigenvalue weighted by Gasteiger charge is -2.15. The van der Waals surface area contributed by atoms with Crippen LogP contribution in [0.5, 0.6) is 0 Å². The number of benzene rings is 2. The van der Waals surface area contributed by atoms with E-state index in [9.17, 15) is 0 Å². The lowest BCUT2D eigenvalue weighted by molar-refractivity contribution is 0.671. The van der Waals surface area contributed by atoms with E-state index in [-0.39, 0.29) is 0 Å². The first kappa shape index (κ1) is 20.0. The number of nitrogens with one attached hydrogen (secondary N) is 3. The number of H-pyrrole nitrogens is 2. The van der Waals surface area contributed by atoms with Gasteiger partial charge >= 0.3 is 0 Å². The first-order valence-corrected chi connectivity index (χ1v) is 10.9. The highest BCUT2D eigenvalue weighted by molar-refractivity contribution is 5.70. The number of nitrogens with zero attached hydrogens (tertiary/aromatic N) is 2. The summed E-state index contributed by atoms with van der Waals surface area (Å²) in [5.41, 5.74) is 8.99. The van der Waals surface area contributed by atoms with E-state index in [0.717, 1.165) is 66.3 Å². The average molecular weight is 420 g/mol. The van der Waals surface area contributed by atoms with Gasteiger partial charge in [0.15, 0.2) is 0 Å². The van der Waals surface area contributed by atoms with E-state index in [0.29, 0.717) is 0 Å². The normalized spacial score (nSPS) is 11.9. The third kappa shape index (κ3) is 4.27. The van der Waals surface area contributed by atoms with E-state index in [4.69, 9.17) is 4.98 Å². The van der Waals surface area contributed by atoms with Crippen molar-refractivity contribution in [3.8, 4) is 34.4 Å². The van der Waals surface area contributed by atoms with Crippen molar-refractivity contribution in [2.24, 2.45) is 0 Å². The lowest BCUT2D eigenvalue weighted by atomic mass is 9.91. The molecule has 5 nitrogen and oxygen atoms in total. The molecule has 0 spiro atoms. The average Bonchev–Trinajstić information content (AvgIpc) is 3.51. The van der Waals surface area contributed by atoms with Gasteiger partial charge in [0, 0.05) is 22.4 Å². The Labute approximate surface area is 188 Å². The summed E-state index contributed by atoms with van der Waals surface area (Å²) >= 11 is 0. The van der Waals surface area contributed by atoms with E-state index in [1.54, 1.807) is 6.33 Å². The van der Waals surface area contributed by atoms with Gasteiger partial charge in [-0.25, -0.2) is 9.97 Å². The van der Waals surface area contributed by atoms with Crippen LogP contribution < -0.4 is 5.32 Å². The minimum atomic E-state index is 0.749. The number of hydrogen-bond acceptors (Lipinski definition) is 3. The van der Waals surface area contributed by atoms with Gasteiger partial charge in [0.1, 0.15) is 5.82 Å². The molecule has 0 radical (unpaired) electrons. The maximum atomic E-state index is 4.86. The Morgan fingerprint density at radius 1 is 1.06 bits per heavy atom. The van der Waals surface area contributed by atoms with Gasteiger partial charge in [-0.05, 0) is 61.2 Å². The molecule has 0 saturated carbocycles. The molecule has 2 heterocycles. The molecule has 0 aliphatic heterocycles. The Balaban J connectivity index is 1.31. The molecule has 0 bridgehead atoms. The summed E-state index contributed by atoms with van der Waals surface area (Å²) in [6, 6.07) is 14.7. The van der Waals surface area contributed by atoms with Crippen LogP contribution in [0.15, 0.2) is 67.6 Å². The van der Waals surface area contributed by atoms with Crippen LogP contribution in [0.1, 0.15) is 34.6 Å². The number of rotatable bonds is 6. The third-order valence-corrected chi connectivity index (χ3v) is 5.70. The summed E-state index contributed by atoms with van der Waals surface area (Å²) in [5, 5.41) is 3.40. The lowest BCUT2D eigenvalue weighted by Crippen LogP contribution is -2.15. The van der Waals surface area contributed by atoms with Crippen LogP contribution in [-0.2, 0) is 19.4 Å². The van der Waals surface area contributed by atoms with Crippen molar-refractivity contribution in [3.63, 3.8) is 0 Å². The van der Waals surface area contributed by atoms with Crippen LogP contribution >= 0.6 is 0 Å². The molecule has 0 amide bonds. The van der Waals surface area contributed by atoms with Crippen molar-refractivity contribution in [1.82, 2.24) is 25.3 Å². The van der Waals surface area contributed by atoms with Gasteiger partial charge in [-0.3, -0.25) is 0 Å². The van der Waals surface area contributed by atoms with E-state index >= 15 is 0 Å². The van der Waals surface area contributed by atoms with Crippen molar-refractivity contribution >= 4 is 0 Å². The molecular formula is C27H25N5. The number of hydrogen-bond donors (Lipinski definition) is 3. The summed E-state index contributed by atoms with van der Waals surface area (Å²) < 4.78 is 0. The second kappa shape index (κ2) is 9.09. The van der Waals surface area contributed by atoms with Crippen molar-refractivity contribution in [2.45, 2.75) is 25.8 Å². The number of aryl methyl sites for hydroxylation is 2. The van der Waals surface area contributed by atoms with Crippen LogP contribution in [0.4, 0.5) is 0 Å². The second-order valence-corrected chi connectivity index (χ2v) is 7.93. The van der Waals surface area contributed by atoms with Crippen molar-refractivity contribution in [2.75, 3.05) is 6.54 Å². The largest absolute Gasteiger partial charge is 0.345 e. The van der Waals surface area contributed by atoms with Crippen LogP contribution in [0, 0.1) is 11.8 Å². The minimum absolute atomic E-state index is 0.749. The van der Waals surface area contributed by atoms with Crippen LogP contribution in [0.2, 0.25) is 0 Å². The molecule has 4 aromatic rings. The first-order chi connectivity index (χ1) is 15.8. The number of fused-ring (bicyclic) bond motifs is 3. The van der Waals surface area contributed by atoms with E-state index in [1.807, 2.05) is 24.4 Å². The van der Waals surface area contributed by atoms with Crippen LogP contribution in [0.3, 0.4) is 0 Å². The Hall–Kier alpha value is -3.88. The molecule has 5 heteroatoms. The maximum Gasteiger partial charge on any atom is 0.121 e. The fourth-order valence-corrected chi connectivity index (χ4v) is 4.02. The fraction of sp³-hybridized carbons (Fsp3) is 0.185. The minimum Gasteiger partial charge on any atom is -0.345 e. The van der Waals surface area contributed by atoms with Gasteiger partial charge < -0.3 is 15.3 Å². The number of imidazole rings is 2. The van der Waals surface area contributed by atoms with Crippen molar-refractivity contribution in [1.29, 1.82) is 0 Å². The zero-order valence-electron chi connectivity index (χ0n) is 17.9. The molecule has 2 aromatic carbocycles. The summed E-state index contributed by atoms with van der Waals surface area (Å²) in [6.07, 6.45) is 8.37. The Bertz CT molecular complexity index is 1280. The zero-order valence-corrected chi connectivity index (χ0v) is 17.9. The molecule has 32 heavy (non-hydrogen) atoms. The molecule has 3 N–H and O–H groups in total. The third-order valence-electron chi connectivity index (χ3n) is 5.70. The predicted molar refractivity (Wildman–Crippen MR) is 128 cm³/mol. The molecule has 0 atom stereocenters. The van der Waals surface area contributed by atoms with Crippen molar-refractivity contribution in [3.05, 3.63) is 95.9 Å². The fourth-order valence-electron chi connectivity index (χ4n) is 4.02. The SMILES string of the molecule is C=CCCNCc1nc2c([nH]1)CCc1cc(C#Cc3ccc(-c4cnc[nH]4)cc3)ccc1-2.